The van der Waals surface area contributed by atoms with Gasteiger partial charge in [-0.2, -0.15) is 5.10 Å². The van der Waals surface area contributed by atoms with Gasteiger partial charge in [0.15, 0.2) is 0 Å². The van der Waals surface area contributed by atoms with E-state index in [1.165, 1.54) is 0 Å². The Morgan fingerprint density at radius 2 is 2.22 bits per heavy atom. The van der Waals surface area contributed by atoms with Gasteiger partial charge in [-0.15, -0.1) is 0 Å². The van der Waals surface area contributed by atoms with Crippen molar-refractivity contribution in [3.05, 3.63) is 17.5 Å². The molecule has 0 saturated carbocycles. The Balaban J connectivity index is 1.96. The Labute approximate surface area is 139 Å². The highest BCUT2D eigenvalue weighted by atomic mass is 16.5. The first-order chi connectivity index (χ1) is 10.9. The second kappa shape index (κ2) is 7.95. The number of amides is 1. The van der Waals surface area contributed by atoms with E-state index in [0.717, 1.165) is 31.6 Å². The first-order valence-electron chi connectivity index (χ1n) is 8.90. The highest BCUT2D eigenvalue weighted by molar-refractivity contribution is 5.92. The van der Waals surface area contributed by atoms with Crippen LogP contribution in [0.25, 0.3) is 0 Å². The molecule has 1 aromatic rings. The average molecular weight is 321 g/mol. The molecule has 0 radical (unpaired) electrons. The maximum Gasteiger partial charge on any atom is 0.271 e. The van der Waals surface area contributed by atoms with E-state index in [4.69, 9.17) is 4.74 Å². The van der Waals surface area contributed by atoms with Crippen molar-refractivity contribution < 1.29 is 9.53 Å². The molecule has 1 aliphatic rings. The van der Waals surface area contributed by atoms with Crippen LogP contribution in [0.3, 0.4) is 0 Å². The van der Waals surface area contributed by atoms with Gasteiger partial charge in [-0.1, -0.05) is 20.8 Å². The zero-order valence-electron chi connectivity index (χ0n) is 15.1. The number of aryl methyl sites for hydroxylation is 1. The van der Waals surface area contributed by atoms with Gasteiger partial charge in [-0.3, -0.25) is 9.48 Å². The van der Waals surface area contributed by atoms with Crippen LogP contribution in [0, 0.1) is 18.8 Å². The number of carbonyl (C=O) groups is 1. The molecule has 5 heteroatoms. The lowest BCUT2D eigenvalue weighted by Gasteiger charge is -2.34. The molecule has 1 aromatic heterocycles. The van der Waals surface area contributed by atoms with Crippen LogP contribution in [0.2, 0.25) is 0 Å². The van der Waals surface area contributed by atoms with E-state index in [1.807, 2.05) is 17.7 Å². The molecule has 1 saturated heterocycles. The van der Waals surface area contributed by atoms with Gasteiger partial charge < -0.3 is 10.1 Å². The number of nitrogens with zero attached hydrogens (tertiary/aromatic N) is 2. The second-order valence-electron chi connectivity index (χ2n) is 7.06. The Morgan fingerprint density at radius 1 is 1.48 bits per heavy atom. The number of nitrogens with one attached hydrogen (secondary N) is 1. The second-order valence-corrected chi connectivity index (χ2v) is 7.06. The molecule has 1 fully saturated rings. The number of aromatic nitrogens is 2. The van der Waals surface area contributed by atoms with Crippen molar-refractivity contribution >= 4 is 5.91 Å². The number of ether oxygens (including phenoxy) is 1. The minimum atomic E-state index is -0.0803. The highest BCUT2D eigenvalue weighted by Crippen LogP contribution is 2.25. The quantitative estimate of drug-likeness (QED) is 0.874. The van der Waals surface area contributed by atoms with Crippen molar-refractivity contribution in [1.82, 2.24) is 15.1 Å². The van der Waals surface area contributed by atoms with E-state index < -0.39 is 0 Å². The lowest BCUT2D eigenvalue weighted by molar-refractivity contribution is -0.0510. The van der Waals surface area contributed by atoms with Crippen LogP contribution in [-0.4, -0.2) is 34.9 Å². The molecular weight excluding hydrogens is 290 g/mol. The third-order valence-corrected chi connectivity index (χ3v) is 4.84. The van der Waals surface area contributed by atoms with E-state index in [1.54, 1.807) is 0 Å². The molecule has 5 nitrogen and oxygen atoms in total. The minimum Gasteiger partial charge on any atom is -0.378 e. The SMILES string of the molecule is CC[C@H](C)n1nc(C(=O)NC[C@H]2CCCO[C@@H]2C(C)C)cc1C. The van der Waals surface area contributed by atoms with Crippen LogP contribution in [0.15, 0.2) is 6.07 Å². The smallest absolute Gasteiger partial charge is 0.271 e. The van der Waals surface area contributed by atoms with E-state index in [9.17, 15) is 4.79 Å². The van der Waals surface area contributed by atoms with Gasteiger partial charge in [0, 0.05) is 30.8 Å². The zero-order valence-corrected chi connectivity index (χ0v) is 15.1. The van der Waals surface area contributed by atoms with Gasteiger partial charge in [-0.25, -0.2) is 0 Å². The highest BCUT2D eigenvalue weighted by Gasteiger charge is 2.29. The Bertz CT molecular complexity index is 524. The summed E-state index contributed by atoms with van der Waals surface area (Å²) in [5.41, 5.74) is 1.55. The largest absolute Gasteiger partial charge is 0.378 e. The molecule has 0 unspecified atom stereocenters. The Kier molecular flexibility index (Phi) is 6.22. The van der Waals surface area contributed by atoms with Crippen molar-refractivity contribution in [2.75, 3.05) is 13.2 Å². The van der Waals surface area contributed by atoms with Gasteiger partial charge in [0.05, 0.1) is 6.10 Å². The Hall–Kier alpha value is -1.36. The van der Waals surface area contributed by atoms with Crippen LogP contribution >= 0.6 is 0 Å². The normalized spacial score (nSPS) is 23.0. The predicted molar refractivity (Wildman–Crippen MR) is 91.6 cm³/mol. The lowest BCUT2D eigenvalue weighted by Crippen LogP contribution is -2.41. The molecule has 2 rings (SSSR count). The molecule has 130 valence electrons. The zero-order chi connectivity index (χ0) is 17.0. The average Bonchev–Trinajstić information content (AvgIpc) is 2.94. The fourth-order valence-corrected chi connectivity index (χ4v) is 3.35. The molecule has 1 amide bonds. The minimum absolute atomic E-state index is 0.0803. The van der Waals surface area contributed by atoms with Crippen LogP contribution < -0.4 is 5.32 Å². The van der Waals surface area contributed by atoms with Crippen molar-refractivity contribution in [1.29, 1.82) is 0 Å². The monoisotopic (exact) mass is 321 g/mol. The number of hydrogen-bond acceptors (Lipinski definition) is 3. The lowest BCUT2D eigenvalue weighted by atomic mass is 9.87. The summed E-state index contributed by atoms with van der Waals surface area (Å²) in [6, 6.07) is 2.19. The van der Waals surface area contributed by atoms with Gasteiger partial charge in [0.25, 0.3) is 5.91 Å². The summed E-state index contributed by atoms with van der Waals surface area (Å²) in [7, 11) is 0. The first-order valence-corrected chi connectivity index (χ1v) is 8.90. The fourth-order valence-electron chi connectivity index (χ4n) is 3.35. The maximum atomic E-state index is 12.4. The fraction of sp³-hybridized carbons (Fsp3) is 0.778. The van der Waals surface area contributed by atoms with Crippen molar-refractivity contribution in [2.45, 2.75) is 66.0 Å². The van der Waals surface area contributed by atoms with E-state index in [2.05, 4.69) is 38.1 Å². The molecule has 3 atom stereocenters. The summed E-state index contributed by atoms with van der Waals surface area (Å²) < 4.78 is 7.83. The molecule has 0 bridgehead atoms. The topological polar surface area (TPSA) is 56.2 Å². The van der Waals surface area contributed by atoms with Crippen LogP contribution in [-0.2, 0) is 4.74 Å². The molecule has 1 N–H and O–H groups in total. The first kappa shape index (κ1) is 18.0. The van der Waals surface area contributed by atoms with Crippen molar-refractivity contribution in [2.24, 2.45) is 11.8 Å². The number of hydrogen-bond donors (Lipinski definition) is 1. The summed E-state index contributed by atoms with van der Waals surface area (Å²) in [6.45, 7) is 12.1. The molecular formula is C18H31N3O2. The van der Waals surface area contributed by atoms with E-state index >= 15 is 0 Å². The predicted octanol–water partition coefficient (Wildman–Crippen LogP) is 3.34. The van der Waals surface area contributed by atoms with Gasteiger partial charge >= 0.3 is 0 Å². The third kappa shape index (κ3) is 4.34. The summed E-state index contributed by atoms with van der Waals surface area (Å²) in [5.74, 6) is 0.790. The molecule has 2 heterocycles. The molecule has 1 aliphatic heterocycles. The van der Waals surface area contributed by atoms with Gasteiger partial charge in [-0.05, 0) is 45.1 Å². The summed E-state index contributed by atoms with van der Waals surface area (Å²) >= 11 is 0. The van der Waals surface area contributed by atoms with Crippen LogP contribution in [0.1, 0.15) is 69.2 Å². The van der Waals surface area contributed by atoms with E-state index in [-0.39, 0.29) is 12.0 Å². The molecule has 0 spiro atoms. The maximum absolute atomic E-state index is 12.4. The summed E-state index contributed by atoms with van der Waals surface area (Å²) in [6.07, 6.45) is 3.43. The van der Waals surface area contributed by atoms with Crippen LogP contribution in [0.5, 0.6) is 0 Å². The molecule has 0 aromatic carbocycles. The van der Waals surface area contributed by atoms with Crippen LogP contribution in [0.4, 0.5) is 0 Å². The Morgan fingerprint density at radius 3 is 2.87 bits per heavy atom. The molecule has 0 aliphatic carbocycles. The third-order valence-electron chi connectivity index (χ3n) is 4.84. The number of rotatable bonds is 6. The number of carbonyl (C=O) groups excluding carboxylic acids is 1. The van der Waals surface area contributed by atoms with E-state index in [0.29, 0.717) is 30.1 Å². The van der Waals surface area contributed by atoms with Crippen molar-refractivity contribution in [3.63, 3.8) is 0 Å². The van der Waals surface area contributed by atoms with Gasteiger partial charge in [0.2, 0.25) is 0 Å². The summed E-state index contributed by atoms with van der Waals surface area (Å²) in [4.78, 5) is 12.4. The van der Waals surface area contributed by atoms with Crippen molar-refractivity contribution in [3.8, 4) is 0 Å². The summed E-state index contributed by atoms with van der Waals surface area (Å²) in [5, 5.41) is 7.53. The van der Waals surface area contributed by atoms with Gasteiger partial charge in [0.1, 0.15) is 5.69 Å². The molecule has 23 heavy (non-hydrogen) atoms. The standard InChI is InChI=1S/C18H31N3O2/c1-6-13(4)21-14(5)10-16(20-21)18(22)19-11-15-8-7-9-23-17(15)12(2)3/h10,12-13,15,17H,6-9,11H2,1-5H3,(H,19,22)/t13-,15+,17+/m0/s1.